The second-order valence-corrected chi connectivity index (χ2v) is 4.29. The summed E-state index contributed by atoms with van der Waals surface area (Å²) in [6, 6.07) is 2.03. The van der Waals surface area contributed by atoms with Gasteiger partial charge in [-0.05, 0) is 12.5 Å². The maximum atomic E-state index is 5.71. The molecule has 0 atom stereocenters. The third kappa shape index (κ3) is 3.42. The summed E-state index contributed by atoms with van der Waals surface area (Å²) in [5.74, 6) is 1.42. The number of methoxy groups -OCH3 is 1. The highest BCUT2D eigenvalue weighted by Gasteiger charge is 2.11. The van der Waals surface area contributed by atoms with Gasteiger partial charge >= 0.3 is 0 Å². The van der Waals surface area contributed by atoms with E-state index in [1.807, 2.05) is 17.8 Å². The fraction of sp³-hybridized carbons (Fsp3) is 0.538. The number of oxazole rings is 1. The highest BCUT2D eigenvalue weighted by Crippen LogP contribution is 2.21. The van der Waals surface area contributed by atoms with Gasteiger partial charge in [-0.3, -0.25) is 4.68 Å². The van der Waals surface area contributed by atoms with E-state index in [1.54, 1.807) is 13.3 Å². The van der Waals surface area contributed by atoms with E-state index in [0.29, 0.717) is 19.0 Å². The molecule has 2 heterocycles. The van der Waals surface area contributed by atoms with Gasteiger partial charge in [0, 0.05) is 20.7 Å². The van der Waals surface area contributed by atoms with Gasteiger partial charge in [0.15, 0.2) is 5.76 Å². The number of ether oxygens (including phenoxy) is 1. The Morgan fingerprint density at radius 2 is 2.32 bits per heavy atom. The molecule has 0 saturated carbocycles. The number of hydrogen-bond acceptors (Lipinski definition) is 5. The van der Waals surface area contributed by atoms with Gasteiger partial charge in [-0.15, -0.1) is 0 Å². The molecule has 0 unspecified atom stereocenters. The fourth-order valence-corrected chi connectivity index (χ4v) is 1.81. The van der Waals surface area contributed by atoms with Crippen LogP contribution < -0.4 is 5.32 Å². The average molecular weight is 264 g/mol. The lowest BCUT2D eigenvalue weighted by Gasteiger charge is -2.00. The number of aromatic nitrogens is 3. The van der Waals surface area contributed by atoms with E-state index < -0.39 is 0 Å². The lowest BCUT2D eigenvalue weighted by molar-refractivity contribution is 0.198. The monoisotopic (exact) mass is 264 g/mol. The van der Waals surface area contributed by atoms with Crippen LogP contribution in [-0.4, -0.2) is 35.0 Å². The molecule has 0 aromatic carbocycles. The Labute approximate surface area is 112 Å². The van der Waals surface area contributed by atoms with E-state index in [-0.39, 0.29) is 0 Å². The molecule has 0 aliphatic rings. The third-order valence-electron chi connectivity index (χ3n) is 2.86. The summed E-state index contributed by atoms with van der Waals surface area (Å²) < 4.78 is 12.5. The van der Waals surface area contributed by atoms with E-state index >= 15 is 0 Å². The summed E-state index contributed by atoms with van der Waals surface area (Å²) in [5.41, 5.74) is 2.00. The Bertz CT molecular complexity index is 518. The minimum atomic E-state index is 0.599. The number of hydrogen-bond donors (Lipinski definition) is 1. The molecule has 19 heavy (non-hydrogen) atoms. The molecule has 2 rings (SSSR count). The predicted molar refractivity (Wildman–Crippen MR) is 71.7 cm³/mol. The Hall–Kier alpha value is -1.66. The summed E-state index contributed by atoms with van der Waals surface area (Å²) in [5, 5.41) is 7.59. The summed E-state index contributed by atoms with van der Waals surface area (Å²) >= 11 is 0. The topological polar surface area (TPSA) is 65.1 Å². The van der Waals surface area contributed by atoms with Crippen molar-refractivity contribution < 1.29 is 9.15 Å². The van der Waals surface area contributed by atoms with Gasteiger partial charge in [-0.25, -0.2) is 4.98 Å². The van der Waals surface area contributed by atoms with Crippen molar-refractivity contribution in [1.29, 1.82) is 0 Å². The summed E-state index contributed by atoms with van der Waals surface area (Å²) in [7, 11) is 3.59. The number of rotatable bonds is 7. The molecule has 2 aromatic heterocycles. The Kier molecular flexibility index (Phi) is 4.70. The Balaban J connectivity index is 2.01. The molecular weight excluding hydrogens is 244 g/mol. The van der Waals surface area contributed by atoms with Crippen LogP contribution in [0.1, 0.15) is 18.5 Å². The predicted octanol–water partition coefficient (Wildman–Crippen LogP) is 1.37. The van der Waals surface area contributed by atoms with Gasteiger partial charge in [-0.1, -0.05) is 6.92 Å². The molecule has 6 nitrogen and oxygen atoms in total. The summed E-state index contributed by atoms with van der Waals surface area (Å²) in [4.78, 5) is 4.26. The lowest BCUT2D eigenvalue weighted by Crippen LogP contribution is -2.18. The molecule has 0 aliphatic heterocycles. The van der Waals surface area contributed by atoms with Crippen LogP contribution in [0.5, 0.6) is 0 Å². The number of aryl methyl sites for hydroxylation is 2. The molecule has 0 fully saturated rings. The first-order chi connectivity index (χ1) is 9.24. The minimum Gasteiger partial charge on any atom is -0.438 e. The van der Waals surface area contributed by atoms with Crippen molar-refractivity contribution in [2.45, 2.75) is 19.9 Å². The molecule has 2 aromatic rings. The molecule has 0 saturated heterocycles. The number of nitrogens with zero attached hydrogens (tertiary/aromatic N) is 3. The molecule has 1 N–H and O–H groups in total. The van der Waals surface area contributed by atoms with Crippen molar-refractivity contribution in [1.82, 2.24) is 20.1 Å². The highest BCUT2D eigenvalue weighted by atomic mass is 16.5. The largest absolute Gasteiger partial charge is 0.438 e. The van der Waals surface area contributed by atoms with Crippen molar-refractivity contribution in [3.8, 4) is 11.5 Å². The maximum Gasteiger partial charge on any atom is 0.208 e. The van der Waals surface area contributed by atoms with Crippen LogP contribution in [0.2, 0.25) is 0 Å². The van der Waals surface area contributed by atoms with E-state index in [9.17, 15) is 0 Å². The fourth-order valence-electron chi connectivity index (χ4n) is 1.81. The van der Waals surface area contributed by atoms with Crippen molar-refractivity contribution in [2.24, 2.45) is 7.05 Å². The summed E-state index contributed by atoms with van der Waals surface area (Å²) in [6.45, 7) is 4.13. The molecule has 104 valence electrons. The van der Waals surface area contributed by atoms with Crippen LogP contribution >= 0.6 is 0 Å². The zero-order valence-electron chi connectivity index (χ0n) is 11.6. The minimum absolute atomic E-state index is 0.599. The molecular formula is C13H20N4O2. The van der Waals surface area contributed by atoms with Crippen LogP contribution in [0, 0.1) is 0 Å². The molecule has 0 bridgehead atoms. The van der Waals surface area contributed by atoms with Crippen molar-refractivity contribution in [3.63, 3.8) is 0 Å². The van der Waals surface area contributed by atoms with Crippen LogP contribution in [-0.2, 0) is 24.8 Å². The first-order valence-corrected chi connectivity index (χ1v) is 6.42. The van der Waals surface area contributed by atoms with Gasteiger partial charge < -0.3 is 14.5 Å². The van der Waals surface area contributed by atoms with Gasteiger partial charge in [0.1, 0.15) is 5.69 Å². The SMILES string of the molecule is CCc1cc(-c2cnc(CNCCOC)o2)n(C)n1. The lowest BCUT2D eigenvalue weighted by atomic mass is 10.3. The second-order valence-electron chi connectivity index (χ2n) is 4.29. The third-order valence-corrected chi connectivity index (χ3v) is 2.86. The van der Waals surface area contributed by atoms with E-state index in [1.165, 1.54) is 0 Å². The van der Waals surface area contributed by atoms with Crippen molar-refractivity contribution in [3.05, 3.63) is 23.8 Å². The Morgan fingerprint density at radius 1 is 1.47 bits per heavy atom. The van der Waals surface area contributed by atoms with Crippen LogP contribution in [0.15, 0.2) is 16.7 Å². The molecule has 0 aliphatic carbocycles. The van der Waals surface area contributed by atoms with Crippen LogP contribution in [0.4, 0.5) is 0 Å². The van der Waals surface area contributed by atoms with Gasteiger partial charge in [0.05, 0.1) is 25.0 Å². The van der Waals surface area contributed by atoms with Crippen molar-refractivity contribution >= 4 is 0 Å². The second kappa shape index (κ2) is 6.49. The smallest absolute Gasteiger partial charge is 0.208 e. The van der Waals surface area contributed by atoms with Gasteiger partial charge in [0.25, 0.3) is 0 Å². The highest BCUT2D eigenvalue weighted by molar-refractivity contribution is 5.51. The molecule has 6 heteroatoms. The van der Waals surface area contributed by atoms with E-state index in [0.717, 1.165) is 30.1 Å². The van der Waals surface area contributed by atoms with Gasteiger partial charge in [0.2, 0.25) is 5.89 Å². The first kappa shape index (κ1) is 13.8. The van der Waals surface area contributed by atoms with Crippen LogP contribution in [0.3, 0.4) is 0 Å². The zero-order valence-corrected chi connectivity index (χ0v) is 11.6. The van der Waals surface area contributed by atoms with E-state index in [2.05, 4.69) is 22.3 Å². The first-order valence-electron chi connectivity index (χ1n) is 6.42. The quantitative estimate of drug-likeness (QED) is 0.765. The molecule has 0 amide bonds. The average Bonchev–Trinajstić information content (AvgIpc) is 3.01. The standard InChI is InChI=1S/C13H20N4O2/c1-4-10-7-11(17(2)16-10)12-8-15-13(19-12)9-14-5-6-18-3/h7-8,14H,4-6,9H2,1-3H3. The zero-order chi connectivity index (χ0) is 13.7. The molecule has 0 radical (unpaired) electrons. The normalized spacial score (nSPS) is 11.1. The molecule has 0 spiro atoms. The van der Waals surface area contributed by atoms with Gasteiger partial charge in [-0.2, -0.15) is 5.10 Å². The summed E-state index contributed by atoms with van der Waals surface area (Å²) in [6.07, 6.45) is 2.65. The van der Waals surface area contributed by atoms with Crippen LogP contribution in [0.25, 0.3) is 11.5 Å². The van der Waals surface area contributed by atoms with Crippen molar-refractivity contribution in [2.75, 3.05) is 20.3 Å². The number of nitrogens with one attached hydrogen (secondary N) is 1. The Morgan fingerprint density at radius 3 is 3.00 bits per heavy atom. The maximum absolute atomic E-state index is 5.71. The van der Waals surface area contributed by atoms with E-state index in [4.69, 9.17) is 9.15 Å².